The fourth-order valence-electron chi connectivity index (χ4n) is 3.74. The molecular formula is C24H27NO7. The number of hydrogen-bond acceptors (Lipinski definition) is 7. The summed E-state index contributed by atoms with van der Waals surface area (Å²) in [5, 5.41) is 0. The van der Waals surface area contributed by atoms with Crippen LogP contribution in [-0.2, 0) is 30.2 Å². The molecule has 0 aliphatic carbocycles. The van der Waals surface area contributed by atoms with Crippen molar-refractivity contribution >= 4 is 17.7 Å². The molecule has 2 fully saturated rings. The summed E-state index contributed by atoms with van der Waals surface area (Å²) in [6.45, 7) is 3.13. The average molecular weight is 441 g/mol. The summed E-state index contributed by atoms with van der Waals surface area (Å²) < 4.78 is 27.2. The standard InChI is InChI=1S/C24H27NO7/c1-24(22(26)28-2)30-14-18(15-31-24)12-17-8-10-20(11-9-17)29-16-21-13-25(23(27)32-21)19-6-4-3-5-7-19/h3-11,18,21H,12-16H2,1-2H3/t18-,21?,24-. The van der Waals surface area contributed by atoms with Gasteiger partial charge in [-0.2, -0.15) is 0 Å². The van der Waals surface area contributed by atoms with Gasteiger partial charge in [0.25, 0.3) is 5.79 Å². The third-order valence-corrected chi connectivity index (χ3v) is 5.57. The van der Waals surface area contributed by atoms with Crippen LogP contribution in [0.3, 0.4) is 0 Å². The first-order chi connectivity index (χ1) is 15.5. The number of anilines is 1. The largest absolute Gasteiger partial charge is 0.490 e. The SMILES string of the molecule is COC(=O)[C@]1(C)OC[C@@H](Cc2ccc(OCC3CN(c4ccccc4)C(=O)O3)cc2)CO1. The van der Waals surface area contributed by atoms with Crippen LogP contribution in [0.25, 0.3) is 0 Å². The van der Waals surface area contributed by atoms with Gasteiger partial charge in [-0.15, -0.1) is 0 Å². The third kappa shape index (κ3) is 5.03. The molecule has 2 aliphatic heterocycles. The Morgan fingerprint density at radius 3 is 2.44 bits per heavy atom. The number of rotatable bonds is 7. The van der Waals surface area contributed by atoms with Crippen molar-refractivity contribution < 1.29 is 33.3 Å². The Labute approximate surface area is 187 Å². The first-order valence-corrected chi connectivity index (χ1v) is 10.6. The van der Waals surface area contributed by atoms with E-state index in [9.17, 15) is 9.59 Å². The summed E-state index contributed by atoms with van der Waals surface area (Å²) in [5.74, 6) is -1.01. The zero-order chi connectivity index (χ0) is 22.6. The lowest BCUT2D eigenvalue weighted by atomic mass is 9.99. The van der Waals surface area contributed by atoms with Gasteiger partial charge in [-0.25, -0.2) is 9.59 Å². The van der Waals surface area contributed by atoms with Gasteiger partial charge in [0.05, 0.1) is 26.9 Å². The summed E-state index contributed by atoms with van der Waals surface area (Å²) >= 11 is 0. The molecule has 2 aliphatic rings. The lowest BCUT2D eigenvalue weighted by molar-refractivity contribution is -0.272. The van der Waals surface area contributed by atoms with E-state index in [1.54, 1.807) is 11.8 Å². The maximum Gasteiger partial charge on any atom is 0.414 e. The highest BCUT2D eigenvalue weighted by molar-refractivity contribution is 5.89. The van der Waals surface area contributed by atoms with Gasteiger partial charge in [-0.05, 0) is 36.2 Å². The van der Waals surface area contributed by atoms with Crippen LogP contribution in [0.5, 0.6) is 5.75 Å². The predicted molar refractivity (Wildman–Crippen MR) is 116 cm³/mol. The van der Waals surface area contributed by atoms with Crippen LogP contribution in [0.15, 0.2) is 54.6 Å². The number of para-hydroxylation sites is 1. The molecule has 2 aromatic rings. The van der Waals surface area contributed by atoms with Gasteiger partial charge in [0.1, 0.15) is 12.4 Å². The molecule has 4 rings (SSSR count). The summed E-state index contributed by atoms with van der Waals surface area (Å²) in [6, 6.07) is 17.2. The Hall–Kier alpha value is -3.10. The highest BCUT2D eigenvalue weighted by Crippen LogP contribution is 2.26. The highest BCUT2D eigenvalue weighted by Gasteiger charge is 2.41. The second-order valence-electron chi connectivity index (χ2n) is 8.04. The minimum atomic E-state index is -1.33. The Balaban J connectivity index is 1.24. The summed E-state index contributed by atoms with van der Waals surface area (Å²) in [7, 11) is 1.31. The molecule has 2 heterocycles. The van der Waals surface area contributed by atoms with Crippen molar-refractivity contribution in [3.05, 3.63) is 60.2 Å². The second kappa shape index (κ2) is 9.58. The average Bonchev–Trinajstić information content (AvgIpc) is 3.20. The molecule has 8 heteroatoms. The van der Waals surface area contributed by atoms with Crippen molar-refractivity contribution in [2.24, 2.45) is 5.92 Å². The van der Waals surface area contributed by atoms with Crippen LogP contribution in [0.2, 0.25) is 0 Å². The molecule has 0 spiro atoms. The normalized spacial score (nSPS) is 25.3. The van der Waals surface area contributed by atoms with Crippen LogP contribution in [0, 0.1) is 5.92 Å². The molecule has 32 heavy (non-hydrogen) atoms. The number of cyclic esters (lactones) is 1. The predicted octanol–water partition coefficient (Wildman–Crippen LogP) is 3.19. The molecule has 0 radical (unpaired) electrons. The van der Waals surface area contributed by atoms with E-state index in [4.69, 9.17) is 23.7 Å². The minimum absolute atomic E-state index is 0.140. The molecule has 1 atom stereocenters. The summed E-state index contributed by atoms with van der Waals surface area (Å²) in [5.41, 5.74) is 1.92. The minimum Gasteiger partial charge on any atom is -0.490 e. The van der Waals surface area contributed by atoms with Gasteiger partial charge in [-0.3, -0.25) is 4.90 Å². The molecule has 2 saturated heterocycles. The molecule has 0 bridgehead atoms. The van der Waals surface area contributed by atoms with E-state index in [0.29, 0.717) is 25.5 Å². The number of amides is 1. The Morgan fingerprint density at radius 2 is 1.78 bits per heavy atom. The monoisotopic (exact) mass is 441 g/mol. The third-order valence-electron chi connectivity index (χ3n) is 5.57. The molecule has 8 nitrogen and oxygen atoms in total. The maximum absolute atomic E-state index is 12.1. The van der Waals surface area contributed by atoms with Crippen molar-refractivity contribution in [1.82, 2.24) is 0 Å². The summed E-state index contributed by atoms with van der Waals surface area (Å²) in [6.07, 6.45) is 0.0625. The van der Waals surface area contributed by atoms with Crippen LogP contribution < -0.4 is 9.64 Å². The maximum atomic E-state index is 12.1. The van der Waals surface area contributed by atoms with E-state index < -0.39 is 11.8 Å². The quantitative estimate of drug-likeness (QED) is 0.610. The second-order valence-corrected chi connectivity index (χ2v) is 8.04. The first kappa shape index (κ1) is 22.1. The Morgan fingerprint density at radius 1 is 1.09 bits per heavy atom. The van der Waals surface area contributed by atoms with Crippen molar-refractivity contribution in [3.8, 4) is 5.75 Å². The molecule has 1 amide bonds. The fraction of sp³-hybridized carbons (Fsp3) is 0.417. The first-order valence-electron chi connectivity index (χ1n) is 10.6. The van der Waals surface area contributed by atoms with E-state index >= 15 is 0 Å². The number of carbonyl (C=O) groups is 2. The number of nitrogens with zero attached hydrogens (tertiary/aromatic N) is 1. The van der Waals surface area contributed by atoms with Crippen LogP contribution in [0.1, 0.15) is 12.5 Å². The van der Waals surface area contributed by atoms with Crippen molar-refractivity contribution in [2.75, 3.05) is 38.4 Å². The number of methoxy groups -OCH3 is 1. The van der Waals surface area contributed by atoms with Crippen molar-refractivity contribution in [3.63, 3.8) is 0 Å². The van der Waals surface area contributed by atoms with E-state index in [-0.39, 0.29) is 24.7 Å². The van der Waals surface area contributed by atoms with Gasteiger partial charge >= 0.3 is 12.1 Å². The van der Waals surface area contributed by atoms with Gasteiger partial charge in [-0.1, -0.05) is 30.3 Å². The summed E-state index contributed by atoms with van der Waals surface area (Å²) in [4.78, 5) is 25.5. The lowest BCUT2D eigenvalue weighted by Gasteiger charge is -2.35. The molecule has 2 aromatic carbocycles. The van der Waals surface area contributed by atoms with Crippen molar-refractivity contribution in [1.29, 1.82) is 0 Å². The van der Waals surface area contributed by atoms with Gasteiger partial charge in [0.2, 0.25) is 0 Å². The number of hydrogen-bond donors (Lipinski definition) is 0. The van der Waals surface area contributed by atoms with E-state index in [1.165, 1.54) is 7.11 Å². The molecule has 0 aromatic heterocycles. The van der Waals surface area contributed by atoms with E-state index in [0.717, 1.165) is 17.7 Å². The smallest absolute Gasteiger partial charge is 0.414 e. The van der Waals surface area contributed by atoms with Gasteiger partial charge in [0, 0.05) is 18.5 Å². The Bertz CT molecular complexity index is 923. The number of ether oxygens (including phenoxy) is 5. The lowest BCUT2D eigenvalue weighted by Crippen LogP contribution is -2.48. The topological polar surface area (TPSA) is 83.5 Å². The fourth-order valence-corrected chi connectivity index (χ4v) is 3.74. The van der Waals surface area contributed by atoms with Crippen LogP contribution in [0.4, 0.5) is 10.5 Å². The number of esters is 1. The molecular weight excluding hydrogens is 414 g/mol. The van der Waals surface area contributed by atoms with Crippen LogP contribution >= 0.6 is 0 Å². The molecule has 170 valence electrons. The zero-order valence-electron chi connectivity index (χ0n) is 18.2. The van der Waals surface area contributed by atoms with Crippen LogP contribution in [-0.4, -0.2) is 57.4 Å². The number of benzene rings is 2. The zero-order valence-corrected chi connectivity index (χ0v) is 18.2. The molecule has 1 unspecified atom stereocenters. The highest BCUT2D eigenvalue weighted by atomic mass is 16.7. The molecule has 0 N–H and O–H groups in total. The van der Waals surface area contributed by atoms with E-state index in [1.807, 2.05) is 54.6 Å². The van der Waals surface area contributed by atoms with Crippen molar-refractivity contribution in [2.45, 2.75) is 25.2 Å². The van der Waals surface area contributed by atoms with E-state index in [2.05, 4.69) is 0 Å². The molecule has 0 saturated carbocycles. The van der Waals surface area contributed by atoms with Gasteiger partial charge in [0.15, 0.2) is 6.10 Å². The van der Waals surface area contributed by atoms with Gasteiger partial charge < -0.3 is 23.7 Å². The Kier molecular flexibility index (Phi) is 6.62. The number of carbonyl (C=O) groups excluding carboxylic acids is 2.